The number of rotatable bonds is 3. The second-order valence-electron chi connectivity index (χ2n) is 5.67. The summed E-state index contributed by atoms with van der Waals surface area (Å²) in [6, 6.07) is 17.0. The van der Waals surface area contributed by atoms with Crippen molar-refractivity contribution >= 4 is 5.69 Å². The lowest BCUT2D eigenvalue weighted by molar-refractivity contribution is 0.122. The SMILES string of the molecule is c1cc(-c2ccc(-c3ccncc3)[nH]2)cc(N2CCOCC2)c1. The van der Waals surface area contributed by atoms with E-state index >= 15 is 0 Å². The van der Waals surface area contributed by atoms with Gasteiger partial charge in [0, 0.05) is 48.1 Å². The molecule has 1 aliphatic heterocycles. The smallest absolute Gasteiger partial charge is 0.0642 e. The maximum atomic E-state index is 5.44. The monoisotopic (exact) mass is 305 g/mol. The number of benzene rings is 1. The summed E-state index contributed by atoms with van der Waals surface area (Å²) in [5.41, 5.74) is 5.85. The zero-order valence-electron chi connectivity index (χ0n) is 12.9. The number of anilines is 1. The topological polar surface area (TPSA) is 41.2 Å². The number of pyridine rings is 1. The van der Waals surface area contributed by atoms with Gasteiger partial charge in [0.15, 0.2) is 0 Å². The van der Waals surface area contributed by atoms with Crippen molar-refractivity contribution in [2.75, 3.05) is 31.2 Å². The fraction of sp³-hybridized carbons (Fsp3) is 0.211. The summed E-state index contributed by atoms with van der Waals surface area (Å²) in [5.74, 6) is 0. The predicted molar refractivity (Wildman–Crippen MR) is 92.5 cm³/mol. The van der Waals surface area contributed by atoms with Crippen LogP contribution in [0.1, 0.15) is 0 Å². The maximum absolute atomic E-state index is 5.44. The summed E-state index contributed by atoms with van der Waals surface area (Å²) in [6.07, 6.45) is 3.63. The lowest BCUT2D eigenvalue weighted by Crippen LogP contribution is -2.36. The molecule has 116 valence electrons. The van der Waals surface area contributed by atoms with Crippen molar-refractivity contribution in [2.45, 2.75) is 0 Å². The minimum atomic E-state index is 0.804. The number of nitrogens with one attached hydrogen (secondary N) is 1. The van der Waals surface area contributed by atoms with E-state index in [2.05, 4.69) is 51.3 Å². The van der Waals surface area contributed by atoms with E-state index in [0.29, 0.717) is 0 Å². The van der Waals surface area contributed by atoms with E-state index in [0.717, 1.165) is 43.3 Å². The first-order valence-corrected chi connectivity index (χ1v) is 7.93. The van der Waals surface area contributed by atoms with Gasteiger partial charge in [0.1, 0.15) is 0 Å². The molecule has 0 unspecified atom stereocenters. The highest BCUT2D eigenvalue weighted by atomic mass is 16.5. The van der Waals surface area contributed by atoms with Gasteiger partial charge in [-0.25, -0.2) is 0 Å². The first-order valence-electron chi connectivity index (χ1n) is 7.93. The van der Waals surface area contributed by atoms with E-state index in [4.69, 9.17) is 4.74 Å². The third kappa shape index (κ3) is 2.98. The van der Waals surface area contributed by atoms with E-state index in [1.165, 1.54) is 11.3 Å². The Labute approximate surface area is 135 Å². The van der Waals surface area contributed by atoms with Crippen LogP contribution in [0.2, 0.25) is 0 Å². The number of hydrogen-bond acceptors (Lipinski definition) is 3. The van der Waals surface area contributed by atoms with Gasteiger partial charge in [0.2, 0.25) is 0 Å². The Bertz CT molecular complexity index is 776. The molecule has 0 bridgehead atoms. The average molecular weight is 305 g/mol. The van der Waals surface area contributed by atoms with Crippen molar-refractivity contribution in [2.24, 2.45) is 0 Å². The summed E-state index contributed by atoms with van der Waals surface area (Å²) in [7, 11) is 0. The average Bonchev–Trinajstić information content (AvgIpc) is 3.14. The van der Waals surface area contributed by atoms with Gasteiger partial charge in [-0.3, -0.25) is 4.98 Å². The van der Waals surface area contributed by atoms with Gasteiger partial charge in [-0.1, -0.05) is 12.1 Å². The molecule has 1 aliphatic rings. The number of ether oxygens (including phenoxy) is 1. The highest BCUT2D eigenvalue weighted by Crippen LogP contribution is 2.27. The number of nitrogens with zero attached hydrogens (tertiary/aromatic N) is 2. The van der Waals surface area contributed by atoms with Crippen LogP contribution in [-0.4, -0.2) is 36.3 Å². The molecule has 0 saturated carbocycles. The van der Waals surface area contributed by atoms with Crippen LogP contribution in [0.25, 0.3) is 22.5 Å². The molecule has 23 heavy (non-hydrogen) atoms. The van der Waals surface area contributed by atoms with Crippen LogP contribution in [-0.2, 0) is 4.74 Å². The Morgan fingerprint density at radius 2 is 1.61 bits per heavy atom. The van der Waals surface area contributed by atoms with Gasteiger partial charge in [-0.2, -0.15) is 0 Å². The van der Waals surface area contributed by atoms with Crippen LogP contribution < -0.4 is 4.90 Å². The van der Waals surface area contributed by atoms with E-state index in [9.17, 15) is 0 Å². The zero-order chi connectivity index (χ0) is 15.5. The standard InChI is InChI=1S/C19H19N3O/c1-2-16(14-17(3-1)22-10-12-23-13-11-22)19-5-4-18(21-19)15-6-8-20-9-7-15/h1-9,14,21H,10-13H2. The minimum Gasteiger partial charge on any atom is -0.378 e. The number of morpholine rings is 1. The van der Waals surface area contributed by atoms with Gasteiger partial charge >= 0.3 is 0 Å². The molecule has 4 nitrogen and oxygen atoms in total. The Balaban J connectivity index is 1.62. The van der Waals surface area contributed by atoms with E-state index in [1.54, 1.807) is 0 Å². The van der Waals surface area contributed by atoms with Crippen LogP contribution in [0.4, 0.5) is 5.69 Å². The van der Waals surface area contributed by atoms with Crippen molar-refractivity contribution < 1.29 is 4.74 Å². The van der Waals surface area contributed by atoms with Crippen LogP contribution in [0.15, 0.2) is 60.9 Å². The minimum absolute atomic E-state index is 0.804. The van der Waals surface area contributed by atoms with Crippen molar-refractivity contribution in [1.29, 1.82) is 0 Å². The molecule has 1 aromatic carbocycles. The predicted octanol–water partition coefficient (Wildman–Crippen LogP) is 3.58. The summed E-state index contributed by atoms with van der Waals surface area (Å²) < 4.78 is 5.44. The Morgan fingerprint density at radius 3 is 2.39 bits per heavy atom. The van der Waals surface area contributed by atoms with Gasteiger partial charge in [0.05, 0.1) is 13.2 Å². The molecule has 4 rings (SSSR count). The molecule has 1 saturated heterocycles. The number of H-pyrrole nitrogens is 1. The summed E-state index contributed by atoms with van der Waals surface area (Å²) in [5, 5.41) is 0. The van der Waals surface area contributed by atoms with E-state index < -0.39 is 0 Å². The highest BCUT2D eigenvalue weighted by Gasteiger charge is 2.12. The van der Waals surface area contributed by atoms with Crippen LogP contribution >= 0.6 is 0 Å². The van der Waals surface area contributed by atoms with Crippen molar-refractivity contribution in [3.8, 4) is 22.5 Å². The first kappa shape index (κ1) is 14.0. The normalized spacial score (nSPS) is 14.9. The molecular formula is C19H19N3O. The lowest BCUT2D eigenvalue weighted by atomic mass is 10.1. The third-order valence-corrected chi connectivity index (χ3v) is 4.21. The fourth-order valence-electron chi connectivity index (χ4n) is 2.96. The van der Waals surface area contributed by atoms with Crippen LogP contribution in [0.3, 0.4) is 0 Å². The summed E-state index contributed by atoms with van der Waals surface area (Å²) in [6.45, 7) is 3.52. The molecule has 0 amide bonds. The molecule has 0 atom stereocenters. The summed E-state index contributed by atoms with van der Waals surface area (Å²) >= 11 is 0. The third-order valence-electron chi connectivity index (χ3n) is 4.21. The van der Waals surface area contributed by atoms with Gasteiger partial charge in [-0.15, -0.1) is 0 Å². The van der Waals surface area contributed by atoms with Crippen molar-refractivity contribution in [3.05, 3.63) is 60.9 Å². The van der Waals surface area contributed by atoms with Gasteiger partial charge in [0.25, 0.3) is 0 Å². The molecule has 0 radical (unpaired) electrons. The molecule has 4 heteroatoms. The Hall–Kier alpha value is -2.59. The quantitative estimate of drug-likeness (QED) is 0.804. The molecule has 1 N–H and O–H groups in total. The highest BCUT2D eigenvalue weighted by molar-refractivity contribution is 5.70. The number of aromatic nitrogens is 2. The molecule has 3 heterocycles. The second-order valence-corrected chi connectivity index (χ2v) is 5.67. The molecule has 1 fully saturated rings. The van der Waals surface area contributed by atoms with E-state index in [1.807, 2.05) is 24.5 Å². The molecule has 0 aliphatic carbocycles. The molecule has 3 aromatic rings. The first-order chi connectivity index (χ1) is 11.4. The largest absolute Gasteiger partial charge is 0.378 e. The maximum Gasteiger partial charge on any atom is 0.0642 e. The van der Waals surface area contributed by atoms with Gasteiger partial charge < -0.3 is 14.6 Å². The molecular weight excluding hydrogens is 286 g/mol. The van der Waals surface area contributed by atoms with Crippen molar-refractivity contribution in [1.82, 2.24) is 9.97 Å². The molecule has 2 aromatic heterocycles. The lowest BCUT2D eigenvalue weighted by Gasteiger charge is -2.29. The summed E-state index contributed by atoms with van der Waals surface area (Å²) in [4.78, 5) is 9.95. The van der Waals surface area contributed by atoms with E-state index in [-0.39, 0.29) is 0 Å². The van der Waals surface area contributed by atoms with Crippen LogP contribution in [0.5, 0.6) is 0 Å². The molecule has 0 spiro atoms. The Morgan fingerprint density at radius 1 is 0.870 bits per heavy atom. The van der Waals surface area contributed by atoms with Crippen LogP contribution in [0, 0.1) is 0 Å². The number of aromatic amines is 1. The Kier molecular flexibility index (Phi) is 3.82. The van der Waals surface area contributed by atoms with Crippen molar-refractivity contribution in [3.63, 3.8) is 0 Å². The second kappa shape index (κ2) is 6.26. The number of hydrogen-bond donors (Lipinski definition) is 1. The fourth-order valence-corrected chi connectivity index (χ4v) is 2.96. The zero-order valence-corrected chi connectivity index (χ0v) is 12.9. The van der Waals surface area contributed by atoms with Gasteiger partial charge in [-0.05, 0) is 42.0 Å².